The van der Waals surface area contributed by atoms with Gasteiger partial charge in [0.15, 0.2) is 0 Å². The summed E-state index contributed by atoms with van der Waals surface area (Å²) in [6, 6.07) is 1.65. The molecule has 2 aromatic heterocycles. The van der Waals surface area contributed by atoms with Gasteiger partial charge in [-0.2, -0.15) is 14.5 Å². The van der Waals surface area contributed by atoms with Crippen LogP contribution in [0.4, 0.5) is 0 Å². The molecule has 0 unspecified atom stereocenters. The average molecular weight is 380 g/mol. The molecule has 26 heavy (non-hydrogen) atoms. The monoisotopic (exact) mass is 380 g/mol. The van der Waals surface area contributed by atoms with Crippen LogP contribution in [0.15, 0.2) is 11.0 Å². The van der Waals surface area contributed by atoms with E-state index in [0.717, 1.165) is 5.69 Å². The number of nitrogens with two attached hydrogens (primary N) is 1. The fourth-order valence-corrected chi connectivity index (χ4v) is 5.41. The summed E-state index contributed by atoms with van der Waals surface area (Å²) in [5.41, 5.74) is 7.45. The Morgan fingerprint density at radius 2 is 2.00 bits per heavy atom. The number of aromatic amines is 1. The summed E-state index contributed by atoms with van der Waals surface area (Å²) >= 11 is 0. The van der Waals surface area contributed by atoms with Crippen LogP contribution < -0.4 is 5.73 Å². The zero-order valence-electron chi connectivity index (χ0n) is 15.2. The smallest absolute Gasteiger partial charge is 0.269 e. The molecule has 3 rings (SSSR count). The van der Waals surface area contributed by atoms with E-state index in [1.807, 2.05) is 6.92 Å². The van der Waals surface area contributed by atoms with Crippen LogP contribution in [0.2, 0.25) is 0 Å². The van der Waals surface area contributed by atoms with Crippen molar-refractivity contribution in [3.63, 3.8) is 0 Å². The molecule has 0 saturated carbocycles. The first kappa shape index (κ1) is 18.6. The normalized spacial score (nSPS) is 16.9. The van der Waals surface area contributed by atoms with Gasteiger partial charge in [0.2, 0.25) is 10.0 Å². The molecule has 10 heteroatoms. The summed E-state index contributed by atoms with van der Waals surface area (Å²) in [7, 11) is -3.58. The highest BCUT2D eigenvalue weighted by molar-refractivity contribution is 7.89. The van der Waals surface area contributed by atoms with Crippen molar-refractivity contribution in [3.8, 4) is 0 Å². The summed E-state index contributed by atoms with van der Waals surface area (Å²) in [6.45, 7) is 6.91. The number of aryl methyl sites for hydroxylation is 2. The van der Waals surface area contributed by atoms with E-state index in [4.69, 9.17) is 5.73 Å². The maximum absolute atomic E-state index is 13.1. The number of amides is 1. The van der Waals surface area contributed by atoms with Crippen molar-refractivity contribution in [1.29, 1.82) is 0 Å². The highest BCUT2D eigenvalue weighted by Gasteiger charge is 2.34. The van der Waals surface area contributed by atoms with Crippen LogP contribution in [0.1, 0.15) is 53.3 Å². The van der Waals surface area contributed by atoms with E-state index in [1.54, 1.807) is 24.6 Å². The van der Waals surface area contributed by atoms with Gasteiger partial charge in [-0.1, -0.05) is 0 Å². The van der Waals surface area contributed by atoms with E-state index in [2.05, 4.69) is 15.3 Å². The van der Waals surface area contributed by atoms with Crippen LogP contribution in [0.5, 0.6) is 0 Å². The van der Waals surface area contributed by atoms with E-state index < -0.39 is 15.9 Å². The van der Waals surface area contributed by atoms with Crippen LogP contribution in [-0.2, 0) is 16.6 Å². The number of hydrogen-bond donors (Lipinski definition) is 2. The Kier molecular flexibility index (Phi) is 4.89. The lowest BCUT2D eigenvalue weighted by Crippen LogP contribution is -2.38. The molecule has 1 aliphatic rings. The molecule has 2 aromatic rings. The van der Waals surface area contributed by atoms with Crippen LogP contribution in [0, 0.1) is 13.8 Å². The second kappa shape index (κ2) is 6.84. The standard InChI is InChI=1S/C16H24N6O3S/c1-4-22-11(3)15(10(2)20-22)26(24,25)21-7-5-12(6-8-21)13-9-14(16(17)23)19-18-13/h9,12H,4-8H2,1-3H3,(H2,17,23)(H,18,19). The number of H-pyrrole nitrogens is 1. The maximum Gasteiger partial charge on any atom is 0.269 e. The predicted molar refractivity (Wildman–Crippen MR) is 95.2 cm³/mol. The maximum atomic E-state index is 13.1. The van der Waals surface area contributed by atoms with Crippen LogP contribution >= 0.6 is 0 Å². The van der Waals surface area contributed by atoms with Crippen LogP contribution in [0.3, 0.4) is 0 Å². The van der Waals surface area contributed by atoms with Crippen LogP contribution in [-0.4, -0.2) is 51.7 Å². The second-order valence-electron chi connectivity index (χ2n) is 6.57. The number of carbonyl (C=O) groups excluding carboxylic acids is 1. The minimum atomic E-state index is -3.58. The van der Waals surface area contributed by atoms with Gasteiger partial charge in [-0.25, -0.2) is 8.42 Å². The summed E-state index contributed by atoms with van der Waals surface area (Å²) in [5.74, 6) is -0.450. The van der Waals surface area contributed by atoms with Crippen molar-refractivity contribution >= 4 is 15.9 Å². The Morgan fingerprint density at radius 3 is 2.50 bits per heavy atom. The lowest BCUT2D eigenvalue weighted by molar-refractivity contribution is 0.0995. The van der Waals surface area contributed by atoms with E-state index in [0.29, 0.717) is 48.8 Å². The first-order valence-electron chi connectivity index (χ1n) is 8.65. The largest absolute Gasteiger partial charge is 0.364 e. The fourth-order valence-electron chi connectivity index (χ4n) is 3.57. The molecule has 0 bridgehead atoms. The molecule has 0 radical (unpaired) electrons. The first-order chi connectivity index (χ1) is 12.3. The number of aromatic nitrogens is 4. The van der Waals surface area contributed by atoms with Gasteiger partial charge in [0.1, 0.15) is 10.6 Å². The van der Waals surface area contributed by atoms with Crippen molar-refractivity contribution in [2.45, 2.75) is 51.0 Å². The number of rotatable bonds is 5. The third kappa shape index (κ3) is 3.14. The number of nitrogens with zero attached hydrogens (tertiary/aromatic N) is 4. The number of nitrogens with one attached hydrogen (secondary N) is 1. The molecular formula is C16H24N6O3S. The highest BCUT2D eigenvalue weighted by atomic mass is 32.2. The van der Waals surface area contributed by atoms with Crippen molar-refractivity contribution in [3.05, 3.63) is 28.8 Å². The number of carbonyl (C=O) groups is 1. The number of piperidine rings is 1. The molecule has 1 fully saturated rings. The van der Waals surface area contributed by atoms with Crippen LogP contribution in [0.25, 0.3) is 0 Å². The molecule has 3 N–H and O–H groups in total. The molecule has 1 amide bonds. The van der Waals surface area contributed by atoms with Crippen molar-refractivity contribution in [2.24, 2.45) is 5.73 Å². The van der Waals surface area contributed by atoms with E-state index in [9.17, 15) is 13.2 Å². The Morgan fingerprint density at radius 1 is 1.35 bits per heavy atom. The molecule has 1 aliphatic heterocycles. The summed E-state index contributed by atoms with van der Waals surface area (Å²) in [5, 5.41) is 11.1. The zero-order chi connectivity index (χ0) is 19.1. The van der Waals surface area contributed by atoms with Crippen molar-refractivity contribution < 1.29 is 13.2 Å². The minimum absolute atomic E-state index is 0.127. The molecule has 1 saturated heterocycles. The predicted octanol–water partition coefficient (Wildman–Crippen LogP) is 0.910. The van der Waals surface area contributed by atoms with E-state index in [1.165, 1.54) is 4.31 Å². The lowest BCUT2D eigenvalue weighted by atomic mass is 9.94. The quantitative estimate of drug-likeness (QED) is 0.797. The van der Waals surface area contributed by atoms with Gasteiger partial charge in [0.05, 0.1) is 11.4 Å². The number of hydrogen-bond acceptors (Lipinski definition) is 5. The molecule has 0 spiro atoms. The molecule has 3 heterocycles. The SMILES string of the molecule is CCn1nc(C)c(S(=O)(=O)N2CCC(c3cc(C(N)=O)n[nH]3)CC2)c1C. The Labute approximate surface area is 152 Å². The zero-order valence-corrected chi connectivity index (χ0v) is 16.0. The molecule has 0 aromatic carbocycles. The van der Waals surface area contributed by atoms with Gasteiger partial charge in [-0.15, -0.1) is 0 Å². The third-order valence-corrected chi connectivity index (χ3v) is 7.11. The topological polar surface area (TPSA) is 127 Å². The number of primary amides is 1. The first-order valence-corrected chi connectivity index (χ1v) is 10.1. The summed E-state index contributed by atoms with van der Waals surface area (Å²) in [6.07, 6.45) is 1.30. The molecule has 142 valence electrons. The van der Waals surface area contributed by atoms with Gasteiger partial charge in [0, 0.05) is 31.2 Å². The van der Waals surface area contributed by atoms with E-state index >= 15 is 0 Å². The Bertz CT molecular complexity index is 922. The van der Waals surface area contributed by atoms with Gasteiger partial charge >= 0.3 is 0 Å². The van der Waals surface area contributed by atoms with Gasteiger partial charge in [-0.3, -0.25) is 14.6 Å². The van der Waals surface area contributed by atoms with Gasteiger partial charge in [-0.05, 0) is 39.7 Å². The third-order valence-electron chi connectivity index (χ3n) is 4.96. The fraction of sp³-hybridized carbons (Fsp3) is 0.562. The summed E-state index contributed by atoms with van der Waals surface area (Å²) < 4.78 is 29.4. The minimum Gasteiger partial charge on any atom is -0.364 e. The van der Waals surface area contributed by atoms with Crippen molar-refractivity contribution in [1.82, 2.24) is 24.3 Å². The molecular weight excluding hydrogens is 356 g/mol. The highest BCUT2D eigenvalue weighted by Crippen LogP contribution is 2.31. The number of sulfonamides is 1. The summed E-state index contributed by atoms with van der Waals surface area (Å²) in [4.78, 5) is 11.5. The Hall–Kier alpha value is -2.20. The van der Waals surface area contributed by atoms with E-state index in [-0.39, 0.29) is 11.6 Å². The molecule has 0 atom stereocenters. The lowest BCUT2D eigenvalue weighted by Gasteiger charge is -2.30. The van der Waals surface area contributed by atoms with Crippen molar-refractivity contribution in [2.75, 3.05) is 13.1 Å². The van der Waals surface area contributed by atoms with Gasteiger partial charge in [0.25, 0.3) is 5.91 Å². The molecule has 9 nitrogen and oxygen atoms in total. The second-order valence-corrected chi connectivity index (χ2v) is 8.44. The molecule has 0 aliphatic carbocycles. The Balaban J connectivity index is 1.76. The average Bonchev–Trinajstić information content (AvgIpc) is 3.20. The van der Waals surface area contributed by atoms with Gasteiger partial charge < -0.3 is 5.73 Å².